The molecule has 3 N–H and O–H groups in total. The molecule has 0 saturated heterocycles. The number of sulfone groups is 1. The Hall–Kier alpha value is -2.07. The van der Waals surface area contributed by atoms with Crippen LogP contribution in [-0.4, -0.2) is 42.7 Å². The molecule has 158 valence electrons. The van der Waals surface area contributed by atoms with Crippen LogP contribution in [0.25, 0.3) is 0 Å². The monoisotopic (exact) mass is 450 g/mol. The fourth-order valence-electron chi connectivity index (χ4n) is 2.91. The van der Waals surface area contributed by atoms with Crippen LogP contribution >= 0.6 is 0 Å². The van der Waals surface area contributed by atoms with E-state index in [2.05, 4.69) is 10.3 Å². The number of nitrogens with one attached hydrogen (secondary N) is 1. The Morgan fingerprint density at radius 1 is 1.03 bits per heavy atom. The number of carboxylic acids is 1. The number of carbonyl (C=O) groups is 1. The van der Waals surface area contributed by atoms with Crippen molar-refractivity contribution in [3.05, 3.63) is 89.7 Å². The topological polar surface area (TPSA) is 117 Å². The van der Waals surface area contributed by atoms with Crippen molar-refractivity contribution in [2.45, 2.75) is 22.3 Å². The normalized spacial score (nSPS) is 12.0. The number of pyridine rings is 1. The summed E-state index contributed by atoms with van der Waals surface area (Å²) in [5.41, 5.74) is 1.74. The Morgan fingerprint density at radius 2 is 1.65 bits per heavy atom. The van der Waals surface area contributed by atoms with Gasteiger partial charge < -0.3 is 17.0 Å². The number of benzene rings is 2. The maximum atomic E-state index is 12.7. The number of hydrogen-bond acceptors (Lipinski definition) is 6. The Labute approximate surface area is 204 Å². The zero-order valence-corrected chi connectivity index (χ0v) is 19.9. The molecule has 2 aromatic carbocycles. The van der Waals surface area contributed by atoms with Crippen LogP contribution in [0.15, 0.2) is 82.8 Å². The van der Waals surface area contributed by atoms with Gasteiger partial charge in [0.1, 0.15) is 0 Å². The fourth-order valence-corrected chi connectivity index (χ4v) is 4.17. The van der Waals surface area contributed by atoms with E-state index >= 15 is 0 Å². The predicted octanol–water partition coefficient (Wildman–Crippen LogP) is -0.405. The molecule has 1 aromatic heterocycles. The average Bonchev–Trinajstić information content (AvgIpc) is 2.77. The third-order valence-electron chi connectivity index (χ3n) is 4.64. The smallest absolute Gasteiger partial charge is 1.00 e. The number of hydrogen-bond donors (Lipinski definition) is 3. The van der Waals surface area contributed by atoms with Gasteiger partial charge in [0.2, 0.25) is 9.84 Å². The summed E-state index contributed by atoms with van der Waals surface area (Å²) in [5.74, 6) is -1.11. The molecule has 0 unspecified atom stereocenters. The van der Waals surface area contributed by atoms with Crippen LogP contribution in [0.4, 0.5) is 0 Å². The molecule has 9 heteroatoms. The molecular formula is C22H23N2NaO5S. The van der Waals surface area contributed by atoms with Crippen molar-refractivity contribution < 1.29 is 54.4 Å². The first-order chi connectivity index (χ1) is 14.4. The van der Waals surface area contributed by atoms with Crippen LogP contribution in [0, 0.1) is 0 Å². The predicted molar refractivity (Wildman–Crippen MR) is 112 cm³/mol. The minimum Gasteiger partial charge on any atom is -1.00 e. The first kappa shape index (κ1) is 25.2. The maximum absolute atomic E-state index is 12.7. The standard InChI is InChI=1S/C22H22N2O5S.Na.H/c25-21(18-2-1-12-23-14-18)15-24-13-11-16-3-7-19(8-4-16)30(28,29)20-9-5-17(6-10-20)22(26)27;;/h1-10,12,14,21,24-25H,11,13,15H2,(H,26,27);;/q;+1;-1/t21-;;/m1../s1. The molecule has 7 nitrogen and oxygen atoms in total. The maximum Gasteiger partial charge on any atom is 1.00 e. The van der Waals surface area contributed by atoms with Gasteiger partial charge in [0.25, 0.3) is 0 Å². The van der Waals surface area contributed by atoms with Crippen LogP contribution in [-0.2, 0) is 16.3 Å². The second-order valence-electron chi connectivity index (χ2n) is 6.73. The van der Waals surface area contributed by atoms with Gasteiger partial charge in [-0.25, -0.2) is 13.2 Å². The molecule has 1 atom stereocenters. The van der Waals surface area contributed by atoms with E-state index in [1.165, 1.54) is 24.3 Å². The minimum atomic E-state index is -3.71. The van der Waals surface area contributed by atoms with E-state index in [0.717, 1.165) is 11.1 Å². The van der Waals surface area contributed by atoms with Gasteiger partial charge in [-0.3, -0.25) is 4.98 Å². The van der Waals surface area contributed by atoms with Gasteiger partial charge in [-0.15, -0.1) is 0 Å². The van der Waals surface area contributed by atoms with Crippen molar-refractivity contribution in [1.82, 2.24) is 10.3 Å². The van der Waals surface area contributed by atoms with Crippen molar-refractivity contribution in [1.29, 1.82) is 0 Å². The molecule has 0 fully saturated rings. The van der Waals surface area contributed by atoms with E-state index in [0.29, 0.717) is 19.5 Å². The van der Waals surface area contributed by atoms with Gasteiger partial charge in [-0.2, -0.15) is 0 Å². The van der Waals surface area contributed by atoms with Crippen LogP contribution < -0.4 is 34.9 Å². The molecule has 0 saturated carbocycles. The zero-order chi connectivity index (χ0) is 21.6. The second-order valence-corrected chi connectivity index (χ2v) is 8.68. The van der Waals surface area contributed by atoms with Gasteiger partial charge in [0.05, 0.1) is 21.5 Å². The van der Waals surface area contributed by atoms with Gasteiger partial charge in [-0.05, 0) is 61.0 Å². The summed E-state index contributed by atoms with van der Waals surface area (Å²) in [6.07, 6.45) is 3.31. The van der Waals surface area contributed by atoms with E-state index in [-0.39, 0.29) is 46.3 Å². The third-order valence-corrected chi connectivity index (χ3v) is 6.43. The van der Waals surface area contributed by atoms with Crippen molar-refractivity contribution in [2.24, 2.45) is 0 Å². The number of rotatable bonds is 9. The fraction of sp³-hybridized carbons (Fsp3) is 0.182. The molecule has 0 bridgehead atoms. The average molecular weight is 450 g/mol. The summed E-state index contributed by atoms with van der Waals surface area (Å²) in [6.45, 7) is 1.02. The molecule has 3 rings (SSSR count). The zero-order valence-electron chi connectivity index (χ0n) is 18.1. The molecular weight excluding hydrogens is 427 g/mol. The molecule has 0 radical (unpaired) electrons. The molecule has 0 amide bonds. The molecule has 0 aliphatic rings. The van der Waals surface area contributed by atoms with Crippen LogP contribution in [0.3, 0.4) is 0 Å². The summed E-state index contributed by atoms with van der Waals surface area (Å²) < 4.78 is 25.4. The number of aliphatic hydroxyl groups excluding tert-OH is 1. The SMILES string of the molecule is O=C(O)c1ccc(S(=O)(=O)c2ccc(CCNC[C@@H](O)c3cccnc3)cc2)cc1.[H-].[Na+]. The van der Waals surface area contributed by atoms with Crippen molar-refractivity contribution >= 4 is 15.8 Å². The van der Waals surface area contributed by atoms with Crippen molar-refractivity contribution in [3.63, 3.8) is 0 Å². The largest absolute Gasteiger partial charge is 1.00 e. The number of aromatic nitrogens is 1. The first-order valence-electron chi connectivity index (χ1n) is 9.34. The van der Waals surface area contributed by atoms with E-state index < -0.39 is 21.9 Å². The van der Waals surface area contributed by atoms with Gasteiger partial charge in [0, 0.05) is 24.5 Å². The third kappa shape index (κ3) is 6.70. The molecule has 3 aromatic rings. The van der Waals surface area contributed by atoms with Crippen LogP contribution in [0.5, 0.6) is 0 Å². The Morgan fingerprint density at radius 3 is 2.19 bits per heavy atom. The summed E-state index contributed by atoms with van der Waals surface area (Å²) in [5, 5.41) is 22.2. The van der Waals surface area contributed by atoms with Gasteiger partial charge in [-0.1, -0.05) is 18.2 Å². The molecule has 0 spiro atoms. The summed E-state index contributed by atoms with van der Waals surface area (Å²) in [4.78, 5) is 15.1. The number of nitrogens with zero attached hydrogens (tertiary/aromatic N) is 1. The number of carboxylic acid groups (broad SMARTS) is 1. The summed E-state index contributed by atoms with van der Waals surface area (Å²) in [7, 11) is -3.71. The summed E-state index contributed by atoms with van der Waals surface area (Å²) in [6, 6.07) is 15.3. The molecule has 31 heavy (non-hydrogen) atoms. The van der Waals surface area contributed by atoms with E-state index in [1.54, 1.807) is 42.7 Å². The van der Waals surface area contributed by atoms with Crippen LogP contribution in [0.1, 0.15) is 29.0 Å². The Bertz CT molecular complexity index is 1100. The number of aromatic carboxylic acids is 1. The van der Waals surface area contributed by atoms with E-state index in [4.69, 9.17) is 5.11 Å². The summed E-state index contributed by atoms with van der Waals surface area (Å²) >= 11 is 0. The van der Waals surface area contributed by atoms with E-state index in [1.807, 2.05) is 6.07 Å². The Kier molecular flexibility index (Phi) is 9.36. The van der Waals surface area contributed by atoms with Crippen LogP contribution in [0.2, 0.25) is 0 Å². The first-order valence-corrected chi connectivity index (χ1v) is 10.8. The molecule has 0 aliphatic heterocycles. The van der Waals surface area contributed by atoms with E-state index in [9.17, 15) is 18.3 Å². The second kappa shape index (κ2) is 11.5. The quantitative estimate of drug-likeness (QED) is 0.300. The Balaban J connectivity index is 0.00000256. The molecule has 0 aliphatic carbocycles. The minimum absolute atomic E-state index is 0. The van der Waals surface area contributed by atoms with Crippen molar-refractivity contribution in [3.8, 4) is 0 Å². The van der Waals surface area contributed by atoms with Gasteiger partial charge >= 0.3 is 35.5 Å². The van der Waals surface area contributed by atoms with Gasteiger partial charge in [0.15, 0.2) is 0 Å². The molecule has 1 heterocycles. The van der Waals surface area contributed by atoms with Crippen molar-refractivity contribution in [2.75, 3.05) is 13.1 Å². The number of aliphatic hydroxyl groups is 1.